The Bertz CT molecular complexity index is 1900. The zero-order chi connectivity index (χ0) is 33.2. The van der Waals surface area contributed by atoms with Crippen LogP contribution in [0.3, 0.4) is 0 Å². The van der Waals surface area contributed by atoms with Crippen molar-refractivity contribution < 1.29 is 46.1 Å². The molecular formula is C30H25ClF5N5O5. The molecule has 16 heteroatoms. The van der Waals surface area contributed by atoms with Crippen molar-refractivity contribution in [3.8, 4) is 22.8 Å². The Morgan fingerprint density at radius 2 is 1.98 bits per heavy atom. The molecule has 0 spiro atoms. The SMILES string of the molecule is COc1cc(C(=O)NC[C@](O)(c2cc3c(c(-c4ccc(F)c(Cl)c4)n2)OCC3(CF)C(N)=O)C(F)(F)F)cc2cn(C3CC3)nc12. The van der Waals surface area contributed by atoms with Crippen LogP contribution in [0.5, 0.6) is 11.5 Å². The van der Waals surface area contributed by atoms with Gasteiger partial charge < -0.3 is 25.6 Å². The number of carbonyl (C=O) groups excluding carboxylic acids is 2. The van der Waals surface area contributed by atoms with E-state index in [9.17, 15) is 36.6 Å². The van der Waals surface area contributed by atoms with E-state index in [0.717, 1.165) is 31.0 Å². The summed E-state index contributed by atoms with van der Waals surface area (Å²) in [6, 6.07) is 6.69. The fourth-order valence-electron chi connectivity index (χ4n) is 5.32. The minimum Gasteiger partial charge on any atom is -0.494 e. The highest BCUT2D eigenvalue weighted by Crippen LogP contribution is 2.48. The molecule has 2 amide bonds. The maximum atomic E-state index is 14.8. The first-order valence-corrected chi connectivity index (χ1v) is 14.2. The number of rotatable bonds is 9. The number of pyridine rings is 1. The van der Waals surface area contributed by atoms with Crippen molar-refractivity contribution in [1.29, 1.82) is 0 Å². The molecule has 1 saturated carbocycles. The number of hydrogen-bond acceptors (Lipinski definition) is 7. The quantitative estimate of drug-likeness (QED) is 0.224. The van der Waals surface area contributed by atoms with Crippen molar-refractivity contribution in [2.45, 2.75) is 36.1 Å². The van der Waals surface area contributed by atoms with Crippen LogP contribution in [0.2, 0.25) is 5.02 Å². The van der Waals surface area contributed by atoms with Gasteiger partial charge in [-0.25, -0.2) is 13.8 Å². The fraction of sp³-hybridized carbons (Fsp3) is 0.333. The number of alkyl halides is 4. The molecule has 4 N–H and O–H groups in total. The highest BCUT2D eigenvalue weighted by atomic mass is 35.5. The van der Waals surface area contributed by atoms with Gasteiger partial charge in [-0.1, -0.05) is 11.6 Å². The molecule has 2 aromatic heterocycles. The molecule has 2 atom stereocenters. The largest absolute Gasteiger partial charge is 0.494 e. The van der Waals surface area contributed by atoms with Gasteiger partial charge in [-0.3, -0.25) is 14.3 Å². The third-order valence-corrected chi connectivity index (χ3v) is 8.53. The lowest BCUT2D eigenvalue weighted by Crippen LogP contribution is -2.52. The molecule has 2 aliphatic rings. The maximum Gasteiger partial charge on any atom is 0.424 e. The summed E-state index contributed by atoms with van der Waals surface area (Å²) in [6.45, 7) is -3.58. The van der Waals surface area contributed by atoms with Crippen LogP contribution in [0.1, 0.15) is 40.5 Å². The summed E-state index contributed by atoms with van der Waals surface area (Å²) in [6.07, 6.45) is -1.90. The molecule has 0 radical (unpaired) electrons. The van der Waals surface area contributed by atoms with Crippen molar-refractivity contribution >= 4 is 34.3 Å². The number of carbonyl (C=O) groups is 2. The first-order chi connectivity index (χ1) is 21.7. The summed E-state index contributed by atoms with van der Waals surface area (Å²) in [5, 5.41) is 17.9. The van der Waals surface area contributed by atoms with Crippen LogP contribution in [0.4, 0.5) is 22.0 Å². The van der Waals surface area contributed by atoms with Crippen molar-refractivity contribution in [2.24, 2.45) is 5.73 Å². The molecule has 242 valence electrons. The van der Waals surface area contributed by atoms with Crippen molar-refractivity contribution in [1.82, 2.24) is 20.1 Å². The molecule has 1 aliphatic carbocycles. The number of nitrogens with one attached hydrogen (secondary N) is 1. The van der Waals surface area contributed by atoms with Gasteiger partial charge >= 0.3 is 6.18 Å². The molecule has 3 heterocycles. The third kappa shape index (κ3) is 5.07. The van der Waals surface area contributed by atoms with Crippen molar-refractivity contribution in [2.75, 3.05) is 26.9 Å². The zero-order valence-electron chi connectivity index (χ0n) is 23.9. The Balaban J connectivity index is 1.42. The van der Waals surface area contributed by atoms with Gasteiger partial charge in [0.1, 0.15) is 47.2 Å². The van der Waals surface area contributed by atoms with Crippen LogP contribution in [-0.2, 0) is 15.8 Å². The van der Waals surface area contributed by atoms with Gasteiger partial charge in [0.05, 0.1) is 30.4 Å². The predicted molar refractivity (Wildman–Crippen MR) is 154 cm³/mol. The van der Waals surface area contributed by atoms with E-state index in [1.807, 2.05) is 0 Å². The number of primary amides is 1. The molecule has 0 saturated heterocycles. The summed E-state index contributed by atoms with van der Waals surface area (Å²) >= 11 is 5.90. The predicted octanol–water partition coefficient (Wildman–Crippen LogP) is 4.50. The van der Waals surface area contributed by atoms with Crippen molar-refractivity contribution in [3.63, 3.8) is 0 Å². The van der Waals surface area contributed by atoms with Crippen LogP contribution in [0, 0.1) is 5.82 Å². The number of nitrogens with zero attached hydrogens (tertiary/aromatic N) is 3. The molecule has 6 rings (SSSR count). The average Bonchev–Trinajstić information content (AvgIpc) is 3.66. The minimum absolute atomic E-state index is 0.0654. The van der Waals surface area contributed by atoms with E-state index in [1.165, 1.54) is 19.2 Å². The van der Waals surface area contributed by atoms with Gasteiger partial charge in [0, 0.05) is 28.3 Å². The highest BCUT2D eigenvalue weighted by molar-refractivity contribution is 6.31. The van der Waals surface area contributed by atoms with Gasteiger partial charge in [0.15, 0.2) is 0 Å². The van der Waals surface area contributed by atoms with Gasteiger partial charge in [0.2, 0.25) is 11.5 Å². The number of benzene rings is 2. The Labute approximate surface area is 262 Å². The van der Waals surface area contributed by atoms with E-state index >= 15 is 0 Å². The van der Waals surface area contributed by atoms with Crippen LogP contribution in [0.25, 0.3) is 22.2 Å². The third-order valence-electron chi connectivity index (χ3n) is 8.24. The standard InChI is InChI=1S/C30H25ClF5N5O5/c1-45-21-8-15(6-16-10-41(17-3-4-17)40-23(16)21)26(42)38-12-29(44,30(34,35)36)22-9-18-25(46-13-28(18,11-32)27(37)43)24(39-22)14-2-5-20(33)19(31)7-14/h2,5-10,17,44H,3-4,11-13H2,1H3,(H2,37,43)(H,38,42)/t28?,29-/m0/s1. The second kappa shape index (κ2) is 11.1. The van der Waals surface area contributed by atoms with Gasteiger partial charge in [-0.15, -0.1) is 0 Å². The number of halogens is 6. The summed E-state index contributed by atoms with van der Waals surface area (Å²) < 4.78 is 85.2. The van der Waals surface area contributed by atoms with Gasteiger partial charge in [-0.2, -0.15) is 18.3 Å². The van der Waals surface area contributed by atoms with Crippen LogP contribution in [-0.4, -0.2) is 64.8 Å². The molecular weight excluding hydrogens is 641 g/mol. The normalized spacial score (nSPS) is 19.0. The van der Waals surface area contributed by atoms with E-state index in [0.29, 0.717) is 17.0 Å². The zero-order valence-corrected chi connectivity index (χ0v) is 24.7. The van der Waals surface area contributed by atoms with Crippen LogP contribution in [0.15, 0.2) is 42.6 Å². The molecule has 10 nitrogen and oxygen atoms in total. The second-order valence-corrected chi connectivity index (χ2v) is 11.6. The smallest absolute Gasteiger partial charge is 0.424 e. The average molecular weight is 666 g/mol. The molecule has 0 bridgehead atoms. The lowest BCUT2D eigenvalue weighted by molar-refractivity contribution is -0.265. The Hall–Kier alpha value is -4.50. The molecule has 1 unspecified atom stereocenters. The number of nitrogens with two attached hydrogens (primary N) is 1. The number of hydrogen-bond donors (Lipinski definition) is 3. The lowest BCUT2D eigenvalue weighted by atomic mass is 9.81. The monoisotopic (exact) mass is 665 g/mol. The van der Waals surface area contributed by atoms with E-state index < -0.39 is 76.6 Å². The number of aliphatic hydroxyl groups is 1. The first-order valence-electron chi connectivity index (χ1n) is 13.9. The number of methoxy groups -OCH3 is 1. The molecule has 46 heavy (non-hydrogen) atoms. The molecule has 1 fully saturated rings. The number of ether oxygens (including phenoxy) is 2. The summed E-state index contributed by atoms with van der Waals surface area (Å²) in [5.41, 5.74) is -2.25. The number of aromatic nitrogens is 3. The molecule has 2 aromatic carbocycles. The van der Waals surface area contributed by atoms with E-state index in [2.05, 4.69) is 15.4 Å². The number of amides is 2. The molecule has 1 aliphatic heterocycles. The highest BCUT2D eigenvalue weighted by Gasteiger charge is 2.58. The summed E-state index contributed by atoms with van der Waals surface area (Å²) in [7, 11) is 1.35. The Kier molecular flexibility index (Phi) is 7.59. The van der Waals surface area contributed by atoms with E-state index in [1.54, 1.807) is 10.9 Å². The number of fused-ring (bicyclic) bond motifs is 2. The van der Waals surface area contributed by atoms with Gasteiger partial charge in [0.25, 0.3) is 5.91 Å². The van der Waals surface area contributed by atoms with E-state index in [4.69, 9.17) is 26.8 Å². The van der Waals surface area contributed by atoms with Gasteiger partial charge in [-0.05, 0) is 49.2 Å². The maximum absolute atomic E-state index is 14.8. The van der Waals surface area contributed by atoms with E-state index in [-0.39, 0.29) is 28.7 Å². The Morgan fingerprint density at radius 3 is 2.59 bits per heavy atom. The minimum atomic E-state index is -5.48. The van der Waals surface area contributed by atoms with Crippen LogP contribution >= 0.6 is 11.6 Å². The summed E-state index contributed by atoms with van der Waals surface area (Å²) in [4.78, 5) is 29.7. The Morgan fingerprint density at radius 1 is 1.24 bits per heavy atom. The van der Waals surface area contributed by atoms with Crippen LogP contribution < -0.4 is 20.5 Å². The second-order valence-electron chi connectivity index (χ2n) is 11.2. The van der Waals surface area contributed by atoms with Crippen molar-refractivity contribution in [3.05, 3.63) is 70.3 Å². The first kappa shape index (κ1) is 31.5. The topological polar surface area (TPSA) is 142 Å². The summed E-state index contributed by atoms with van der Waals surface area (Å²) in [5.74, 6) is -3.17. The molecule has 4 aromatic rings. The fourth-order valence-corrected chi connectivity index (χ4v) is 5.50. The lowest BCUT2D eigenvalue weighted by Gasteiger charge is -2.31.